The summed E-state index contributed by atoms with van der Waals surface area (Å²) in [5, 5.41) is 9.17. The number of anilines is 4. The summed E-state index contributed by atoms with van der Waals surface area (Å²) in [5.41, 5.74) is 6.10. The van der Waals surface area contributed by atoms with Gasteiger partial charge < -0.3 is 25.1 Å². The summed E-state index contributed by atoms with van der Waals surface area (Å²) >= 11 is 0. The first-order chi connectivity index (χ1) is 20.1. The first-order valence-electron chi connectivity index (χ1n) is 12.9. The van der Waals surface area contributed by atoms with Crippen molar-refractivity contribution in [2.24, 2.45) is 0 Å². The fraction of sp³-hybridized carbons (Fsp3) is 0. The van der Waals surface area contributed by atoms with Gasteiger partial charge in [0.2, 0.25) is 0 Å². The second-order valence-electron chi connectivity index (χ2n) is 9.22. The smallest absolute Gasteiger partial charge is 0.255 e. The van der Waals surface area contributed by atoms with E-state index >= 15 is 0 Å². The fourth-order valence-electron chi connectivity index (χ4n) is 4.24. The molecule has 0 saturated heterocycles. The van der Waals surface area contributed by atoms with Gasteiger partial charge in [-0.05, 0) is 97.1 Å². The highest BCUT2D eigenvalue weighted by atomic mass is 16.2. The van der Waals surface area contributed by atoms with Gasteiger partial charge in [0.1, 0.15) is 0 Å². The maximum absolute atomic E-state index is 12.7. The van der Waals surface area contributed by atoms with Gasteiger partial charge in [0, 0.05) is 70.0 Å². The lowest BCUT2D eigenvalue weighted by Crippen LogP contribution is -2.12. The molecule has 2 amide bonds. The van der Waals surface area contributed by atoms with E-state index < -0.39 is 0 Å². The Labute approximate surface area is 236 Å². The molecule has 0 saturated carbocycles. The molecule has 200 valence electrons. The molecule has 0 bridgehead atoms. The molecule has 0 radical (unpaired) electrons. The van der Waals surface area contributed by atoms with Crippen molar-refractivity contribution < 1.29 is 9.59 Å². The molecule has 0 unspecified atom stereocenters. The lowest BCUT2D eigenvalue weighted by Gasteiger charge is -2.11. The van der Waals surface area contributed by atoms with Gasteiger partial charge in [0.15, 0.2) is 0 Å². The van der Waals surface area contributed by atoms with Crippen LogP contribution in [0, 0.1) is 0 Å². The monoisotopic (exact) mass is 539 g/mol. The molecule has 2 heterocycles. The van der Waals surface area contributed by atoms with Gasteiger partial charge in [0.05, 0.1) is 12.7 Å². The van der Waals surface area contributed by atoms with Crippen molar-refractivity contribution in [2.75, 3.05) is 16.0 Å². The first kappa shape index (κ1) is 25.3. The van der Waals surface area contributed by atoms with Gasteiger partial charge in [-0.25, -0.2) is 9.97 Å². The Kier molecular flexibility index (Phi) is 7.05. The summed E-state index contributed by atoms with van der Waals surface area (Å²) in [6.45, 7) is 0. The van der Waals surface area contributed by atoms with Crippen LogP contribution in [0.15, 0.2) is 135 Å². The van der Waals surface area contributed by atoms with Crippen molar-refractivity contribution in [3.8, 4) is 11.4 Å². The Morgan fingerprint density at radius 2 is 0.854 bits per heavy atom. The molecule has 6 rings (SSSR count). The number of amides is 2. The van der Waals surface area contributed by atoms with Crippen molar-refractivity contribution in [1.82, 2.24) is 19.1 Å². The lowest BCUT2D eigenvalue weighted by molar-refractivity contribution is 0.101. The summed E-state index contributed by atoms with van der Waals surface area (Å²) in [7, 11) is 0. The Morgan fingerprint density at radius 1 is 0.488 bits per heavy atom. The van der Waals surface area contributed by atoms with Crippen LogP contribution in [0.2, 0.25) is 0 Å². The van der Waals surface area contributed by atoms with Gasteiger partial charge in [-0.2, -0.15) is 0 Å². The zero-order chi connectivity index (χ0) is 28.0. The number of hydrogen-bond donors (Lipinski definition) is 3. The van der Waals surface area contributed by atoms with Crippen LogP contribution in [0.1, 0.15) is 20.7 Å². The van der Waals surface area contributed by atoms with Crippen LogP contribution in [-0.2, 0) is 0 Å². The van der Waals surface area contributed by atoms with E-state index in [4.69, 9.17) is 0 Å². The SMILES string of the molecule is O=C(Nc1ccc(Nc2ccc(NC(=O)c3ccc(-n4ccnc4)cc3)cc2)cc1)c1ccc(-n2ccnc2)cc1. The van der Waals surface area contributed by atoms with Crippen LogP contribution >= 0.6 is 0 Å². The van der Waals surface area contributed by atoms with E-state index in [0.717, 1.165) is 22.7 Å². The van der Waals surface area contributed by atoms with Gasteiger partial charge >= 0.3 is 0 Å². The zero-order valence-corrected chi connectivity index (χ0v) is 21.8. The van der Waals surface area contributed by atoms with E-state index in [9.17, 15) is 9.59 Å². The number of aromatic nitrogens is 4. The van der Waals surface area contributed by atoms with Crippen LogP contribution in [-0.4, -0.2) is 30.9 Å². The first-order valence-corrected chi connectivity index (χ1v) is 12.9. The number of carbonyl (C=O) groups is 2. The molecular weight excluding hydrogens is 514 g/mol. The number of benzene rings is 4. The van der Waals surface area contributed by atoms with Crippen LogP contribution in [0.25, 0.3) is 11.4 Å². The zero-order valence-electron chi connectivity index (χ0n) is 21.8. The number of rotatable bonds is 8. The number of imidazole rings is 2. The molecule has 9 heteroatoms. The molecule has 0 aliphatic heterocycles. The van der Waals surface area contributed by atoms with Gasteiger partial charge in [-0.1, -0.05) is 0 Å². The maximum Gasteiger partial charge on any atom is 0.255 e. The molecule has 0 aliphatic carbocycles. The van der Waals surface area contributed by atoms with Crippen LogP contribution < -0.4 is 16.0 Å². The summed E-state index contributed by atoms with van der Waals surface area (Å²) in [6.07, 6.45) is 10.5. The summed E-state index contributed by atoms with van der Waals surface area (Å²) in [6, 6.07) is 29.6. The fourth-order valence-corrected chi connectivity index (χ4v) is 4.24. The molecule has 0 fully saturated rings. The van der Waals surface area contributed by atoms with Gasteiger partial charge in [0.25, 0.3) is 11.8 Å². The molecule has 9 nitrogen and oxygen atoms in total. The third kappa shape index (κ3) is 6.04. The molecule has 0 atom stereocenters. The Morgan fingerprint density at radius 3 is 1.20 bits per heavy atom. The predicted molar refractivity (Wildman–Crippen MR) is 159 cm³/mol. The largest absolute Gasteiger partial charge is 0.356 e. The quantitative estimate of drug-likeness (QED) is 0.210. The van der Waals surface area contributed by atoms with E-state index in [1.807, 2.05) is 94.3 Å². The second kappa shape index (κ2) is 11.4. The Balaban J connectivity index is 1.02. The van der Waals surface area contributed by atoms with E-state index in [0.29, 0.717) is 22.5 Å². The molecule has 41 heavy (non-hydrogen) atoms. The number of hydrogen-bond acceptors (Lipinski definition) is 5. The van der Waals surface area contributed by atoms with Crippen LogP contribution in [0.4, 0.5) is 22.7 Å². The maximum atomic E-state index is 12.7. The summed E-state index contributed by atoms with van der Waals surface area (Å²) < 4.78 is 3.75. The molecule has 6 aromatic rings. The van der Waals surface area contributed by atoms with E-state index in [2.05, 4.69) is 25.9 Å². The molecule has 0 spiro atoms. The highest BCUT2D eigenvalue weighted by molar-refractivity contribution is 6.05. The van der Waals surface area contributed by atoms with E-state index in [1.165, 1.54) is 0 Å². The number of carbonyl (C=O) groups excluding carboxylic acids is 2. The molecule has 0 aliphatic rings. The summed E-state index contributed by atoms with van der Waals surface area (Å²) in [5.74, 6) is -0.371. The lowest BCUT2D eigenvalue weighted by atomic mass is 10.1. The van der Waals surface area contributed by atoms with Crippen molar-refractivity contribution in [3.05, 3.63) is 146 Å². The number of nitrogens with one attached hydrogen (secondary N) is 3. The Hall–Kier alpha value is -5.96. The van der Waals surface area contributed by atoms with Crippen molar-refractivity contribution in [2.45, 2.75) is 0 Å². The van der Waals surface area contributed by atoms with Crippen LogP contribution in [0.5, 0.6) is 0 Å². The standard InChI is InChI=1S/C32H25N7O2/c40-31(23-1-13-29(14-2-23)38-19-17-33-21-38)36-27-9-5-25(6-10-27)35-26-7-11-28(12-8-26)37-32(41)24-3-15-30(16-4-24)39-20-18-34-22-39/h1-22,35H,(H,36,40)(H,37,41). The minimum Gasteiger partial charge on any atom is -0.356 e. The minimum atomic E-state index is -0.185. The van der Waals surface area contributed by atoms with Gasteiger partial charge in [-0.3, -0.25) is 9.59 Å². The molecule has 3 N–H and O–H groups in total. The third-order valence-corrected chi connectivity index (χ3v) is 6.44. The average molecular weight is 540 g/mol. The highest BCUT2D eigenvalue weighted by Gasteiger charge is 2.08. The Bertz CT molecular complexity index is 1610. The molecule has 4 aromatic carbocycles. The number of nitrogens with zero attached hydrogens (tertiary/aromatic N) is 4. The predicted octanol–water partition coefficient (Wildman–Crippen LogP) is 6.31. The third-order valence-electron chi connectivity index (χ3n) is 6.44. The summed E-state index contributed by atoms with van der Waals surface area (Å²) in [4.78, 5) is 33.4. The average Bonchev–Trinajstić information content (AvgIpc) is 3.75. The normalized spacial score (nSPS) is 10.6. The minimum absolute atomic E-state index is 0.185. The molecular formula is C32H25N7O2. The van der Waals surface area contributed by atoms with E-state index in [1.54, 1.807) is 49.3 Å². The second-order valence-corrected chi connectivity index (χ2v) is 9.22. The highest BCUT2D eigenvalue weighted by Crippen LogP contribution is 2.22. The van der Waals surface area contributed by atoms with Crippen molar-refractivity contribution >= 4 is 34.6 Å². The van der Waals surface area contributed by atoms with Crippen LogP contribution in [0.3, 0.4) is 0 Å². The van der Waals surface area contributed by atoms with Gasteiger partial charge in [-0.15, -0.1) is 0 Å². The van der Waals surface area contributed by atoms with Crippen molar-refractivity contribution in [3.63, 3.8) is 0 Å². The molecule has 2 aromatic heterocycles. The van der Waals surface area contributed by atoms with E-state index in [-0.39, 0.29) is 11.8 Å². The van der Waals surface area contributed by atoms with Crippen molar-refractivity contribution in [1.29, 1.82) is 0 Å². The topological polar surface area (TPSA) is 106 Å².